The summed E-state index contributed by atoms with van der Waals surface area (Å²) < 4.78 is 8.14. The Morgan fingerprint density at radius 2 is 1.97 bits per heavy atom. The van der Waals surface area contributed by atoms with Crippen molar-refractivity contribution in [1.82, 2.24) is 20.1 Å². The summed E-state index contributed by atoms with van der Waals surface area (Å²) in [7, 11) is 0. The molecule has 0 amide bonds. The molecule has 4 heterocycles. The number of pyridine rings is 1. The lowest BCUT2D eigenvalue weighted by Gasteiger charge is -2.22. The first-order valence-electron chi connectivity index (χ1n) is 9.94. The summed E-state index contributed by atoms with van der Waals surface area (Å²) >= 11 is 0. The Hall–Kier alpha value is -3.56. The molecule has 30 heavy (non-hydrogen) atoms. The Kier molecular flexibility index (Phi) is 4.53. The van der Waals surface area contributed by atoms with Crippen molar-refractivity contribution in [3.63, 3.8) is 0 Å². The van der Waals surface area contributed by atoms with Crippen LogP contribution in [0.2, 0.25) is 0 Å². The molecule has 1 aromatic carbocycles. The minimum atomic E-state index is 0.330. The maximum atomic E-state index is 6.12. The molecule has 1 aliphatic rings. The predicted molar refractivity (Wildman–Crippen MR) is 118 cm³/mol. The number of anilines is 3. The van der Waals surface area contributed by atoms with Crippen LogP contribution in [-0.2, 0) is 0 Å². The fourth-order valence-corrected chi connectivity index (χ4v) is 4.09. The van der Waals surface area contributed by atoms with Gasteiger partial charge in [-0.3, -0.25) is 10.5 Å². The van der Waals surface area contributed by atoms with Crippen LogP contribution >= 0.6 is 0 Å². The number of rotatable bonds is 4. The number of furan rings is 1. The normalized spacial score (nSPS) is 15.0. The van der Waals surface area contributed by atoms with Gasteiger partial charge in [0.25, 0.3) is 0 Å². The first-order valence-corrected chi connectivity index (χ1v) is 9.94. The molecule has 8 N–H and O–H groups in total. The summed E-state index contributed by atoms with van der Waals surface area (Å²) in [5.41, 5.74) is 19.1. The number of nitrogen functional groups attached to an aromatic ring is 3. The number of para-hydroxylation sites is 1. The zero-order valence-corrected chi connectivity index (χ0v) is 16.4. The van der Waals surface area contributed by atoms with E-state index in [0.29, 0.717) is 34.6 Å². The first kappa shape index (κ1) is 18.5. The van der Waals surface area contributed by atoms with Gasteiger partial charge in [0.2, 0.25) is 0 Å². The summed E-state index contributed by atoms with van der Waals surface area (Å²) in [6.45, 7) is 2.02. The Morgan fingerprint density at radius 1 is 1.13 bits per heavy atom. The molecule has 154 valence electrons. The molecule has 0 unspecified atom stereocenters. The molecule has 0 spiro atoms. The number of nitrogens with one attached hydrogen (secondary N) is 2. The summed E-state index contributed by atoms with van der Waals surface area (Å²) in [4.78, 5) is 4.34. The number of nitrogens with zero attached hydrogens (tertiary/aromatic N) is 3. The van der Waals surface area contributed by atoms with Crippen molar-refractivity contribution < 1.29 is 4.42 Å². The predicted octanol–water partition coefficient (Wildman–Crippen LogP) is 2.73. The third kappa shape index (κ3) is 3.04. The minimum absolute atomic E-state index is 0.330. The van der Waals surface area contributed by atoms with Crippen LogP contribution in [-0.4, -0.2) is 27.9 Å². The van der Waals surface area contributed by atoms with Crippen molar-refractivity contribution in [2.75, 3.05) is 30.0 Å². The van der Waals surface area contributed by atoms with Crippen LogP contribution in [0.1, 0.15) is 18.9 Å². The minimum Gasteiger partial charge on any atom is -0.452 e. The Balaban J connectivity index is 1.60. The van der Waals surface area contributed by atoms with E-state index in [1.165, 1.54) is 0 Å². The van der Waals surface area contributed by atoms with Gasteiger partial charge in [-0.25, -0.2) is 4.98 Å². The molecular formula is C21H24N8O. The van der Waals surface area contributed by atoms with E-state index in [0.717, 1.165) is 48.0 Å². The molecule has 9 heteroatoms. The van der Waals surface area contributed by atoms with E-state index >= 15 is 0 Å². The smallest absolute Gasteiger partial charge is 0.177 e. The highest BCUT2D eigenvalue weighted by Gasteiger charge is 2.20. The molecule has 0 atom stereocenters. The van der Waals surface area contributed by atoms with Crippen molar-refractivity contribution in [2.45, 2.75) is 18.9 Å². The summed E-state index contributed by atoms with van der Waals surface area (Å²) in [6, 6.07) is 7.87. The van der Waals surface area contributed by atoms with Crippen LogP contribution in [0.25, 0.3) is 33.4 Å². The third-order valence-electron chi connectivity index (χ3n) is 5.69. The molecule has 1 aliphatic heterocycles. The van der Waals surface area contributed by atoms with Crippen molar-refractivity contribution in [2.24, 2.45) is 5.84 Å². The van der Waals surface area contributed by atoms with Gasteiger partial charge in [-0.15, -0.1) is 0 Å². The van der Waals surface area contributed by atoms with E-state index in [1.807, 2.05) is 29.1 Å². The van der Waals surface area contributed by atoms with Gasteiger partial charge in [0.15, 0.2) is 11.4 Å². The van der Waals surface area contributed by atoms with E-state index in [2.05, 4.69) is 27.0 Å². The van der Waals surface area contributed by atoms with Crippen molar-refractivity contribution in [3.8, 4) is 22.5 Å². The molecule has 4 aromatic rings. The topological polar surface area (TPSA) is 146 Å². The van der Waals surface area contributed by atoms with Crippen LogP contribution in [0.3, 0.4) is 0 Å². The van der Waals surface area contributed by atoms with Gasteiger partial charge in [-0.05, 0) is 44.1 Å². The van der Waals surface area contributed by atoms with Gasteiger partial charge in [0, 0.05) is 34.5 Å². The van der Waals surface area contributed by atoms with E-state index in [1.54, 1.807) is 12.3 Å². The lowest BCUT2D eigenvalue weighted by atomic mass is 10.0. The Labute approximate surface area is 173 Å². The number of nitrogens with two attached hydrogens (primary N) is 3. The number of hydrazine groups is 1. The molecule has 0 aliphatic carbocycles. The van der Waals surface area contributed by atoms with Crippen molar-refractivity contribution in [1.29, 1.82) is 0 Å². The largest absolute Gasteiger partial charge is 0.452 e. The van der Waals surface area contributed by atoms with E-state index < -0.39 is 0 Å². The van der Waals surface area contributed by atoms with E-state index in [-0.39, 0.29) is 0 Å². The number of hydrogen-bond acceptors (Lipinski definition) is 8. The number of aromatic nitrogens is 3. The van der Waals surface area contributed by atoms with Crippen LogP contribution in [0.15, 0.2) is 47.3 Å². The molecule has 1 fully saturated rings. The third-order valence-corrected chi connectivity index (χ3v) is 5.69. The molecule has 9 nitrogen and oxygen atoms in total. The second-order valence-electron chi connectivity index (χ2n) is 7.51. The zero-order valence-electron chi connectivity index (χ0n) is 16.4. The molecule has 0 radical (unpaired) electrons. The molecule has 1 saturated heterocycles. The van der Waals surface area contributed by atoms with Crippen LogP contribution in [0.4, 0.5) is 17.2 Å². The number of fused-ring (bicyclic) bond motifs is 1. The van der Waals surface area contributed by atoms with Gasteiger partial charge < -0.3 is 26.6 Å². The quantitative estimate of drug-likeness (QED) is 0.198. The first-order chi connectivity index (χ1) is 14.7. The van der Waals surface area contributed by atoms with Crippen molar-refractivity contribution >= 4 is 28.2 Å². The van der Waals surface area contributed by atoms with Gasteiger partial charge in [0.1, 0.15) is 5.76 Å². The average molecular weight is 404 g/mol. The molecular weight excluding hydrogens is 380 g/mol. The molecule has 0 bridgehead atoms. The van der Waals surface area contributed by atoms with Gasteiger partial charge >= 0.3 is 0 Å². The fraction of sp³-hybridized carbons (Fsp3) is 0.238. The number of hydrogen-bond donors (Lipinski definition) is 5. The highest BCUT2D eigenvalue weighted by atomic mass is 16.3. The molecule has 0 saturated carbocycles. The summed E-state index contributed by atoms with van der Waals surface area (Å²) in [6.07, 6.45) is 7.84. The molecule has 5 rings (SSSR count). The van der Waals surface area contributed by atoms with Crippen LogP contribution < -0.4 is 28.1 Å². The Morgan fingerprint density at radius 3 is 2.77 bits per heavy atom. The number of piperidine rings is 1. The van der Waals surface area contributed by atoms with Crippen molar-refractivity contribution in [3.05, 3.63) is 42.9 Å². The van der Waals surface area contributed by atoms with E-state index in [9.17, 15) is 0 Å². The van der Waals surface area contributed by atoms with Crippen LogP contribution in [0, 0.1) is 0 Å². The highest BCUT2D eigenvalue weighted by Crippen LogP contribution is 2.40. The summed E-state index contributed by atoms with van der Waals surface area (Å²) in [5.74, 6) is 6.62. The monoisotopic (exact) mass is 404 g/mol. The van der Waals surface area contributed by atoms with Gasteiger partial charge in [-0.1, -0.05) is 6.07 Å². The molecule has 3 aromatic heterocycles. The highest BCUT2D eigenvalue weighted by molar-refractivity contribution is 6.01. The standard InChI is InChI=1S/C21H24N8O/c22-17-3-1-2-14(19(17)28-24)18-8-15-16(10-26-21(23)20(15)30-18)12-9-27-29(11-12)13-4-6-25-7-5-13/h1-3,8-11,13,25,28H,4-7,22,24H2,(H2,23,26). The lowest BCUT2D eigenvalue weighted by molar-refractivity contribution is 0.343. The SMILES string of the molecule is NNc1c(N)cccc1-c1cc2c(-c3cnn(C4CCNCC4)c3)cnc(N)c2o1. The Bertz CT molecular complexity index is 1210. The van der Waals surface area contributed by atoms with Gasteiger partial charge in [-0.2, -0.15) is 5.10 Å². The summed E-state index contributed by atoms with van der Waals surface area (Å²) in [5, 5.41) is 8.86. The lowest BCUT2D eigenvalue weighted by Crippen LogP contribution is -2.29. The second-order valence-corrected chi connectivity index (χ2v) is 7.51. The zero-order chi connectivity index (χ0) is 20.7. The number of benzene rings is 1. The maximum Gasteiger partial charge on any atom is 0.177 e. The van der Waals surface area contributed by atoms with E-state index in [4.69, 9.17) is 21.7 Å². The maximum absolute atomic E-state index is 6.12. The van der Waals surface area contributed by atoms with Crippen LogP contribution in [0.5, 0.6) is 0 Å². The average Bonchev–Trinajstić information content (AvgIpc) is 3.43. The fourth-order valence-electron chi connectivity index (χ4n) is 4.09. The second kappa shape index (κ2) is 7.36. The van der Waals surface area contributed by atoms with Gasteiger partial charge in [0.05, 0.1) is 23.6 Å².